The van der Waals surface area contributed by atoms with Gasteiger partial charge < -0.3 is 18.9 Å². The van der Waals surface area contributed by atoms with Crippen molar-refractivity contribution in [2.75, 3.05) is 26.4 Å². The summed E-state index contributed by atoms with van der Waals surface area (Å²) in [6, 6.07) is 31.9. The number of benzene rings is 4. The highest BCUT2D eigenvalue weighted by molar-refractivity contribution is 5.77. The molecule has 0 saturated carbocycles. The average Bonchev–Trinajstić information content (AvgIpc) is 3.20. The van der Waals surface area contributed by atoms with Gasteiger partial charge in [-0.15, -0.1) is 0 Å². The van der Waals surface area contributed by atoms with E-state index in [0.717, 1.165) is 30.6 Å². The number of rotatable bonds is 15. The van der Waals surface area contributed by atoms with Crippen molar-refractivity contribution in [1.82, 2.24) is 0 Å². The fraction of sp³-hybridized carbons (Fsp3) is 0.325. The predicted octanol–water partition coefficient (Wildman–Crippen LogP) is 8.41. The molecule has 1 aliphatic carbocycles. The predicted molar refractivity (Wildman–Crippen MR) is 181 cm³/mol. The third-order valence-corrected chi connectivity index (χ3v) is 8.00. The number of hydrogen-bond donors (Lipinski definition) is 0. The van der Waals surface area contributed by atoms with Gasteiger partial charge >= 0.3 is 5.97 Å². The minimum absolute atomic E-state index is 0.198. The van der Waals surface area contributed by atoms with Gasteiger partial charge in [-0.2, -0.15) is 0 Å². The van der Waals surface area contributed by atoms with Crippen LogP contribution in [0.5, 0.6) is 5.75 Å². The van der Waals surface area contributed by atoms with E-state index in [4.69, 9.17) is 18.9 Å². The molecule has 5 rings (SSSR count). The number of fused-ring (bicyclic) bond motifs is 2. The van der Waals surface area contributed by atoms with Gasteiger partial charge in [0.2, 0.25) is 0 Å². The SMILES string of the molecule is CCCc1ccc2c(c1)C=Cc1cc(Cc3ccccc3)ccc1C2OCCOc1ccc(CC(OCC)C(=O)OCC)cc1. The van der Waals surface area contributed by atoms with E-state index in [1.165, 1.54) is 38.9 Å². The molecule has 0 radical (unpaired) electrons. The number of ether oxygens (including phenoxy) is 4. The molecule has 0 bridgehead atoms. The Bertz CT molecular complexity index is 1560. The van der Waals surface area contributed by atoms with Crippen molar-refractivity contribution in [3.8, 4) is 5.75 Å². The maximum atomic E-state index is 12.2. The monoisotopic (exact) mass is 604 g/mol. The third-order valence-electron chi connectivity index (χ3n) is 8.00. The van der Waals surface area contributed by atoms with E-state index < -0.39 is 6.10 Å². The van der Waals surface area contributed by atoms with Gasteiger partial charge in [-0.25, -0.2) is 4.79 Å². The molecule has 0 heterocycles. The van der Waals surface area contributed by atoms with Gasteiger partial charge in [0.25, 0.3) is 0 Å². The zero-order valence-corrected chi connectivity index (χ0v) is 26.7. The normalized spacial score (nSPS) is 14.2. The van der Waals surface area contributed by atoms with Gasteiger partial charge in [-0.1, -0.05) is 104 Å². The zero-order chi connectivity index (χ0) is 31.4. The lowest BCUT2D eigenvalue weighted by atomic mass is 9.92. The molecule has 0 aromatic heterocycles. The number of carbonyl (C=O) groups is 1. The summed E-state index contributed by atoms with van der Waals surface area (Å²) in [5.74, 6) is 0.423. The lowest BCUT2D eigenvalue weighted by molar-refractivity contribution is -0.156. The lowest BCUT2D eigenvalue weighted by Crippen LogP contribution is -2.28. The molecule has 0 N–H and O–H groups in total. The Balaban J connectivity index is 1.27. The van der Waals surface area contributed by atoms with E-state index in [9.17, 15) is 4.79 Å². The first-order valence-corrected chi connectivity index (χ1v) is 16.2. The molecule has 1 aliphatic rings. The van der Waals surface area contributed by atoms with E-state index in [-0.39, 0.29) is 12.1 Å². The summed E-state index contributed by atoms with van der Waals surface area (Å²) < 4.78 is 23.5. The minimum atomic E-state index is -0.609. The van der Waals surface area contributed by atoms with E-state index >= 15 is 0 Å². The molecular formula is C40H44O5. The summed E-state index contributed by atoms with van der Waals surface area (Å²) >= 11 is 0. The molecule has 45 heavy (non-hydrogen) atoms. The Morgan fingerprint density at radius 1 is 0.711 bits per heavy atom. The largest absolute Gasteiger partial charge is 0.491 e. The van der Waals surface area contributed by atoms with Crippen LogP contribution >= 0.6 is 0 Å². The first-order chi connectivity index (χ1) is 22.1. The lowest BCUT2D eigenvalue weighted by Gasteiger charge is -2.22. The molecule has 4 aromatic rings. The number of esters is 1. The Morgan fingerprint density at radius 3 is 2.04 bits per heavy atom. The second-order valence-corrected chi connectivity index (χ2v) is 11.3. The maximum absolute atomic E-state index is 12.2. The molecule has 0 aliphatic heterocycles. The maximum Gasteiger partial charge on any atom is 0.335 e. The summed E-state index contributed by atoms with van der Waals surface area (Å²) in [6.07, 6.45) is 7.18. The van der Waals surface area contributed by atoms with Crippen molar-refractivity contribution in [3.05, 3.63) is 136 Å². The third kappa shape index (κ3) is 8.72. The van der Waals surface area contributed by atoms with Gasteiger partial charge in [-0.05, 0) is 83.3 Å². The van der Waals surface area contributed by atoms with Crippen LogP contribution in [0, 0.1) is 0 Å². The van der Waals surface area contributed by atoms with E-state index in [2.05, 4.69) is 85.8 Å². The summed E-state index contributed by atoms with van der Waals surface area (Å²) in [7, 11) is 0. The van der Waals surface area contributed by atoms with Crippen molar-refractivity contribution in [3.63, 3.8) is 0 Å². The fourth-order valence-corrected chi connectivity index (χ4v) is 5.84. The Hall–Kier alpha value is -4.19. The van der Waals surface area contributed by atoms with E-state index in [1.54, 1.807) is 6.92 Å². The minimum Gasteiger partial charge on any atom is -0.491 e. The smallest absolute Gasteiger partial charge is 0.335 e. The van der Waals surface area contributed by atoms with Crippen LogP contribution in [0.4, 0.5) is 0 Å². The highest BCUT2D eigenvalue weighted by Crippen LogP contribution is 2.37. The second-order valence-electron chi connectivity index (χ2n) is 11.3. The van der Waals surface area contributed by atoms with E-state index in [0.29, 0.717) is 32.8 Å². The molecule has 5 heteroatoms. The Labute approximate surface area is 267 Å². The van der Waals surface area contributed by atoms with E-state index in [1.807, 2.05) is 31.2 Å². The van der Waals surface area contributed by atoms with Gasteiger partial charge in [0.1, 0.15) is 18.5 Å². The molecular weight excluding hydrogens is 560 g/mol. The molecule has 0 spiro atoms. The molecule has 5 nitrogen and oxygen atoms in total. The summed E-state index contributed by atoms with van der Waals surface area (Å²) in [5, 5.41) is 0. The van der Waals surface area contributed by atoms with Crippen molar-refractivity contribution in [2.24, 2.45) is 0 Å². The number of hydrogen-bond acceptors (Lipinski definition) is 5. The Morgan fingerprint density at radius 2 is 1.38 bits per heavy atom. The molecule has 0 fully saturated rings. The zero-order valence-electron chi connectivity index (χ0n) is 26.7. The molecule has 234 valence electrons. The highest BCUT2D eigenvalue weighted by atomic mass is 16.6. The van der Waals surface area contributed by atoms with Crippen molar-refractivity contribution < 1.29 is 23.7 Å². The van der Waals surface area contributed by atoms with Crippen molar-refractivity contribution >= 4 is 18.1 Å². The van der Waals surface area contributed by atoms with Crippen LogP contribution in [0.25, 0.3) is 12.2 Å². The second kappa shape index (κ2) is 16.2. The van der Waals surface area contributed by atoms with Crippen molar-refractivity contribution in [1.29, 1.82) is 0 Å². The molecule has 2 unspecified atom stereocenters. The van der Waals surface area contributed by atoms with Crippen LogP contribution in [-0.4, -0.2) is 38.5 Å². The highest BCUT2D eigenvalue weighted by Gasteiger charge is 2.23. The van der Waals surface area contributed by atoms with Crippen LogP contribution in [0.1, 0.15) is 77.8 Å². The van der Waals surface area contributed by atoms with Gasteiger partial charge in [0, 0.05) is 13.0 Å². The molecule has 0 amide bonds. The Kier molecular flexibility index (Phi) is 11.6. The van der Waals surface area contributed by atoms with Crippen molar-refractivity contribution in [2.45, 2.75) is 58.7 Å². The first kappa shape index (κ1) is 32.2. The topological polar surface area (TPSA) is 54.0 Å². The summed E-state index contributed by atoms with van der Waals surface area (Å²) in [5.41, 5.74) is 9.64. The number of aryl methyl sites for hydroxylation is 1. The van der Waals surface area contributed by atoms with Gasteiger partial charge in [0.05, 0.1) is 13.2 Å². The quantitative estimate of drug-likeness (QED) is 0.101. The fourth-order valence-electron chi connectivity index (χ4n) is 5.84. The van der Waals surface area contributed by atoms with Gasteiger partial charge in [0.15, 0.2) is 6.10 Å². The van der Waals surface area contributed by atoms with Gasteiger partial charge in [-0.3, -0.25) is 0 Å². The average molecular weight is 605 g/mol. The van der Waals surface area contributed by atoms with Crippen LogP contribution in [-0.2, 0) is 38.3 Å². The van der Waals surface area contributed by atoms with Crippen LogP contribution in [0.15, 0.2) is 91.0 Å². The molecule has 0 saturated heterocycles. The van der Waals surface area contributed by atoms with Crippen LogP contribution in [0.2, 0.25) is 0 Å². The first-order valence-electron chi connectivity index (χ1n) is 16.2. The summed E-state index contributed by atoms with van der Waals surface area (Å²) in [4.78, 5) is 12.2. The van der Waals surface area contributed by atoms with Crippen LogP contribution in [0.3, 0.4) is 0 Å². The van der Waals surface area contributed by atoms with Crippen LogP contribution < -0.4 is 4.74 Å². The number of carbonyl (C=O) groups excluding carboxylic acids is 1. The molecule has 2 atom stereocenters. The molecule has 4 aromatic carbocycles. The summed E-state index contributed by atoms with van der Waals surface area (Å²) in [6.45, 7) is 7.52. The standard InChI is InChI=1S/C40H44O5/c1-4-10-29-15-21-36-33(26-29)17-18-34-27-32(25-30-11-8-7-9-12-30)16-22-37(34)39(36)45-24-23-44-35-19-13-31(14-20-35)28-38(42-5-2)40(41)43-6-3/h7-9,11-22,26-27,38-39H,4-6,10,23-25,28H2,1-3H3.